The van der Waals surface area contributed by atoms with E-state index >= 15 is 0 Å². The molecular formula is C13H21ClO. The number of hydrogen-bond donors (Lipinski definition) is 0. The minimum absolute atomic E-state index is 0.525. The van der Waals surface area contributed by atoms with Gasteiger partial charge in [0.1, 0.15) is 0 Å². The van der Waals surface area contributed by atoms with Gasteiger partial charge in [-0.2, -0.15) is 0 Å². The van der Waals surface area contributed by atoms with E-state index < -0.39 is 0 Å². The van der Waals surface area contributed by atoms with Crippen LogP contribution in [0, 0.1) is 23.2 Å². The molecule has 2 heteroatoms. The Balaban J connectivity index is 1.59. The molecule has 2 unspecified atom stereocenters. The average Bonchev–Trinajstić information content (AvgIpc) is 2.89. The second-order valence-electron chi connectivity index (χ2n) is 6.06. The summed E-state index contributed by atoms with van der Waals surface area (Å²) in [5.74, 6) is 3.92. The molecule has 0 aromatic rings. The van der Waals surface area contributed by atoms with Crippen LogP contribution in [0.1, 0.15) is 38.5 Å². The minimum Gasteiger partial charge on any atom is -0.381 e. The maximum absolute atomic E-state index is 6.24. The van der Waals surface area contributed by atoms with Gasteiger partial charge >= 0.3 is 0 Å². The summed E-state index contributed by atoms with van der Waals surface area (Å²) in [7, 11) is 0. The van der Waals surface area contributed by atoms with Crippen molar-refractivity contribution in [2.24, 2.45) is 23.2 Å². The van der Waals surface area contributed by atoms with Crippen LogP contribution in [0.2, 0.25) is 0 Å². The van der Waals surface area contributed by atoms with Gasteiger partial charge in [-0.3, -0.25) is 0 Å². The molecule has 3 rings (SSSR count). The van der Waals surface area contributed by atoms with Crippen molar-refractivity contribution in [3.8, 4) is 0 Å². The Bertz CT molecular complexity index is 225. The Morgan fingerprint density at radius 1 is 1.13 bits per heavy atom. The molecule has 1 aliphatic heterocycles. The van der Waals surface area contributed by atoms with Gasteiger partial charge in [0.05, 0.1) is 0 Å². The number of halogens is 1. The van der Waals surface area contributed by atoms with E-state index in [1.807, 2.05) is 0 Å². The van der Waals surface area contributed by atoms with E-state index in [0.29, 0.717) is 5.41 Å². The van der Waals surface area contributed by atoms with Gasteiger partial charge in [0.2, 0.25) is 0 Å². The lowest BCUT2D eigenvalue weighted by molar-refractivity contribution is 0.0485. The Kier molecular flexibility index (Phi) is 2.72. The first kappa shape index (κ1) is 10.4. The van der Waals surface area contributed by atoms with Crippen molar-refractivity contribution < 1.29 is 4.74 Å². The van der Waals surface area contributed by atoms with Gasteiger partial charge in [-0.1, -0.05) is 0 Å². The molecule has 0 spiro atoms. The molecule has 2 atom stereocenters. The second-order valence-corrected chi connectivity index (χ2v) is 6.32. The Morgan fingerprint density at radius 2 is 1.80 bits per heavy atom. The molecule has 1 saturated heterocycles. The summed E-state index contributed by atoms with van der Waals surface area (Å²) in [5.41, 5.74) is 0.525. The maximum Gasteiger partial charge on any atom is 0.0468 e. The zero-order valence-corrected chi connectivity index (χ0v) is 10.1. The predicted octanol–water partition coefficient (Wildman–Crippen LogP) is 3.46. The zero-order valence-electron chi connectivity index (χ0n) is 9.38. The number of ether oxygens (including phenoxy) is 1. The van der Waals surface area contributed by atoms with Gasteiger partial charge in [-0.05, 0) is 61.7 Å². The zero-order chi connectivity index (χ0) is 10.3. The lowest BCUT2D eigenvalue weighted by Crippen LogP contribution is -2.27. The topological polar surface area (TPSA) is 9.23 Å². The van der Waals surface area contributed by atoms with Crippen LogP contribution in [0.4, 0.5) is 0 Å². The van der Waals surface area contributed by atoms with Crippen molar-refractivity contribution in [3.05, 3.63) is 0 Å². The SMILES string of the molecule is ClCC1(CC2CCOCC2)CC2CC2C1. The number of fused-ring (bicyclic) bond motifs is 1. The minimum atomic E-state index is 0.525. The Hall–Kier alpha value is 0.250. The van der Waals surface area contributed by atoms with Gasteiger partial charge in [-0.25, -0.2) is 0 Å². The summed E-state index contributed by atoms with van der Waals surface area (Å²) >= 11 is 6.24. The van der Waals surface area contributed by atoms with Gasteiger partial charge in [-0.15, -0.1) is 11.6 Å². The van der Waals surface area contributed by atoms with Crippen molar-refractivity contribution in [1.29, 1.82) is 0 Å². The van der Waals surface area contributed by atoms with Gasteiger partial charge < -0.3 is 4.74 Å². The molecule has 3 aliphatic rings. The average molecular weight is 229 g/mol. The molecule has 2 aliphatic carbocycles. The van der Waals surface area contributed by atoms with E-state index in [-0.39, 0.29) is 0 Å². The van der Waals surface area contributed by atoms with E-state index in [1.165, 1.54) is 38.5 Å². The molecule has 0 aromatic carbocycles. The molecule has 0 amide bonds. The summed E-state index contributed by atoms with van der Waals surface area (Å²) in [6.07, 6.45) is 8.29. The highest BCUT2D eigenvalue weighted by molar-refractivity contribution is 6.18. The molecule has 3 fully saturated rings. The molecule has 1 nitrogen and oxygen atoms in total. The van der Waals surface area contributed by atoms with Crippen LogP contribution in [-0.4, -0.2) is 19.1 Å². The number of hydrogen-bond acceptors (Lipinski definition) is 1. The van der Waals surface area contributed by atoms with E-state index in [0.717, 1.165) is 36.8 Å². The van der Waals surface area contributed by atoms with Crippen molar-refractivity contribution in [1.82, 2.24) is 0 Å². The third-order valence-corrected chi connectivity index (χ3v) is 5.37. The number of rotatable bonds is 3. The van der Waals surface area contributed by atoms with Crippen molar-refractivity contribution >= 4 is 11.6 Å². The smallest absolute Gasteiger partial charge is 0.0468 e. The highest BCUT2D eigenvalue weighted by Crippen LogP contribution is 2.62. The molecular weight excluding hydrogens is 208 g/mol. The molecule has 15 heavy (non-hydrogen) atoms. The van der Waals surface area contributed by atoms with Crippen LogP contribution in [0.25, 0.3) is 0 Å². The van der Waals surface area contributed by atoms with Crippen LogP contribution in [0.15, 0.2) is 0 Å². The highest BCUT2D eigenvalue weighted by Gasteiger charge is 2.53. The van der Waals surface area contributed by atoms with Crippen molar-refractivity contribution in [3.63, 3.8) is 0 Å². The summed E-state index contributed by atoms with van der Waals surface area (Å²) in [4.78, 5) is 0. The fourth-order valence-electron chi connectivity index (χ4n) is 3.90. The summed E-state index contributed by atoms with van der Waals surface area (Å²) in [6.45, 7) is 1.96. The highest BCUT2D eigenvalue weighted by atomic mass is 35.5. The maximum atomic E-state index is 6.24. The number of alkyl halides is 1. The third kappa shape index (κ3) is 2.06. The van der Waals surface area contributed by atoms with Crippen molar-refractivity contribution in [2.45, 2.75) is 38.5 Å². The van der Waals surface area contributed by atoms with Gasteiger partial charge in [0.15, 0.2) is 0 Å². The lowest BCUT2D eigenvalue weighted by Gasteiger charge is -2.34. The van der Waals surface area contributed by atoms with Crippen molar-refractivity contribution in [2.75, 3.05) is 19.1 Å². The Labute approximate surface area is 97.5 Å². The monoisotopic (exact) mass is 228 g/mol. The summed E-state index contributed by atoms with van der Waals surface area (Å²) in [6, 6.07) is 0. The predicted molar refractivity (Wildman–Crippen MR) is 62.1 cm³/mol. The standard InChI is InChI=1S/C13H21ClO/c14-9-13(7-11-5-12(11)8-13)6-10-1-3-15-4-2-10/h10-12H,1-9H2. The molecule has 0 N–H and O–H groups in total. The van der Waals surface area contributed by atoms with Gasteiger partial charge in [0, 0.05) is 19.1 Å². The lowest BCUT2D eigenvalue weighted by atomic mass is 9.75. The van der Waals surface area contributed by atoms with Crippen LogP contribution >= 0.6 is 11.6 Å². The molecule has 0 aromatic heterocycles. The molecule has 86 valence electrons. The summed E-state index contributed by atoms with van der Waals surface area (Å²) in [5, 5.41) is 0. The Morgan fingerprint density at radius 3 is 2.40 bits per heavy atom. The van der Waals surface area contributed by atoms with Crippen LogP contribution < -0.4 is 0 Å². The van der Waals surface area contributed by atoms with Crippen LogP contribution in [0.5, 0.6) is 0 Å². The van der Waals surface area contributed by atoms with E-state index in [9.17, 15) is 0 Å². The molecule has 2 saturated carbocycles. The van der Waals surface area contributed by atoms with E-state index in [2.05, 4.69) is 0 Å². The molecule has 1 heterocycles. The van der Waals surface area contributed by atoms with Crippen LogP contribution in [0.3, 0.4) is 0 Å². The molecule has 0 radical (unpaired) electrons. The second kappa shape index (κ2) is 3.92. The van der Waals surface area contributed by atoms with E-state index in [4.69, 9.17) is 16.3 Å². The largest absolute Gasteiger partial charge is 0.381 e. The summed E-state index contributed by atoms with van der Waals surface area (Å²) < 4.78 is 5.43. The first-order valence-corrected chi connectivity index (χ1v) is 6.98. The quantitative estimate of drug-likeness (QED) is 0.673. The first-order chi connectivity index (χ1) is 7.31. The van der Waals surface area contributed by atoms with Gasteiger partial charge in [0.25, 0.3) is 0 Å². The van der Waals surface area contributed by atoms with E-state index in [1.54, 1.807) is 0 Å². The van der Waals surface area contributed by atoms with Crippen LogP contribution in [-0.2, 0) is 4.74 Å². The third-order valence-electron chi connectivity index (χ3n) is 4.81. The fourth-order valence-corrected chi connectivity index (χ4v) is 4.23. The first-order valence-electron chi connectivity index (χ1n) is 6.45. The molecule has 0 bridgehead atoms. The fraction of sp³-hybridized carbons (Fsp3) is 1.00. The normalized spacial score (nSPS) is 45.4.